The molecule has 0 saturated heterocycles. The Morgan fingerprint density at radius 1 is 1.05 bits per heavy atom. The fourth-order valence-electron chi connectivity index (χ4n) is 6.79. The van der Waals surface area contributed by atoms with E-state index >= 15 is 9.00 Å². The monoisotopic (exact) mass is 578 g/mol. The van der Waals surface area contributed by atoms with Crippen molar-refractivity contribution in [3.63, 3.8) is 0 Å². The second-order valence-electron chi connectivity index (χ2n) is 13.5. The van der Waals surface area contributed by atoms with Crippen LogP contribution < -0.4 is 4.74 Å². The van der Waals surface area contributed by atoms with Crippen molar-refractivity contribution < 1.29 is 23.0 Å². The zero-order chi connectivity index (χ0) is 29.2. The molecule has 0 heterocycles. The van der Waals surface area contributed by atoms with Gasteiger partial charge in [0.05, 0.1) is 35.5 Å². The molecule has 5 rings (SSSR count). The molecule has 1 saturated carbocycles. The van der Waals surface area contributed by atoms with Gasteiger partial charge in [-0.1, -0.05) is 69.2 Å². The van der Waals surface area contributed by atoms with E-state index in [4.69, 9.17) is 9.16 Å². The van der Waals surface area contributed by atoms with Crippen LogP contribution in [0.5, 0.6) is 5.75 Å². The van der Waals surface area contributed by atoms with Crippen LogP contribution in [0, 0.1) is 24.7 Å². The number of hydrogen-bond donors (Lipinski definition) is 0. The highest BCUT2D eigenvalue weighted by Crippen LogP contribution is 2.57. The van der Waals surface area contributed by atoms with Crippen molar-refractivity contribution in [3.8, 4) is 5.75 Å². The van der Waals surface area contributed by atoms with Crippen molar-refractivity contribution in [3.05, 3.63) is 70.8 Å². The van der Waals surface area contributed by atoms with Gasteiger partial charge in [-0.15, -0.1) is 0 Å². The molecule has 0 aliphatic heterocycles. The van der Waals surface area contributed by atoms with E-state index in [9.17, 15) is 4.79 Å². The first-order valence-electron chi connectivity index (χ1n) is 14.3. The molecule has 7 heteroatoms. The number of aryl methyl sites for hydroxylation is 1. The second kappa shape index (κ2) is 10.2. The van der Waals surface area contributed by atoms with Crippen LogP contribution in [-0.4, -0.2) is 42.1 Å². The van der Waals surface area contributed by atoms with Crippen LogP contribution in [0.4, 0.5) is 0 Å². The lowest BCUT2D eigenvalue weighted by molar-refractivity contribution is 0.0372. The van der Waals surface area contributed by atoms with Gasteiger partial charge >= 0.3 is 0 Å². The van der Waals surface area contributed by atoms with E-state index < -0.39 is 35.7 Å². The molecule has 0 radical (unpaired) electrons. The summed E-state index contributed by atoms with van der Waals surface area (Å²) in [7, 11) is -2.56. The number of carbonyl (C=O) groups is 2. The van der Waals surface area contributed by atoms with E-state index in [1.54, 1.807) is 18.2 Å². The minimum Gasteiger partial charge on any atom is -0.496 e. The minimum atomic E-state index is -2.28. The lowest BCUT2D eigenvalue weighted by Gasteiger charge is -2.55. The third kappa shape index (κ3) is 4.40. The fraction of sp³-hybridized carbons (Fsp3) is 0.515. The van der Waals surface area contributed by atoms with E-state index in [1.165, 1.54) is 7.11 Å². The SMILES string of the molecule is COc1cccc2c1C(=O)[C@@H]1CC=C3C[C@H](C)C[C@@H](O[Si](C)(C)C(C)(C)C)[C@@H]3[C@]1(S(=O)c1ccc(C)cc1)C2=O. The van der Waals surface area contributed by atoms with E-state index in [0.29, 0.717) is 34.1 Å². The zero-order valence-corrected chi connectivity index (χ0v) is 26.8. The molecule has 1 fully saturated rings. The van der Waals surface area contributed by atoms with E-state index in [0.717, 1.165) is 24.0 Å². The Morgan fingerprint density at radius 2 is 1.73 bits per heavy atom. The zero-order valence-electron chi connectivity index (χ0n) is 25.0. The second-order valence-corrected chi connectivity index (χ2v) is 19.9. The van der Waals surface area contributed by atoms with E-state index in [-0.39, 0.29) is 22.7 Å². The van der Waals surface area contributed by atoms with Crippen molar-refractivity contribution in [2.45, 2.75) is 87.8 Å². The van der Waals surface area contributed by atoms with Crippen molar-refractivity contribution in [2.75, 3.05) is 7.11 Å². The van der Waals surface area contributed by atoms with Crippen LogP contribution in [0.3, 0.4) is 0 Å². The summed E-state index contributed by atoms with van der Waals surface area (Å²) in [4.78, 5) is 30.1. The molecule has 3 aliphatic rings. The molecular weight excluding hydrogens is 537 g/mol. The van der Waals surface area contributed by atoms with Crippen molar-refractivity contribution in [1.29, 1.82) is 0 Å². The highest BCUT2D eigenvalue weighted by molar-refractivity contribution is 7.87. The minimum absolute atomic E-state index is 0.0404. The van der Waals surface area contributed by atoms with Gasteiger partial charge in [-0.25, -0.2) is 0 Å². The first kappa shape index (κ1) is 29.1. The summed E-state index contributed by atoms with van der Waals surface area (Å²) in [5.74, 6) is -0.841. The Bertz CT molecular complexity index is 1400. The van der Waals surface area contributed by atoms with Crippen LogP contribution in [0.15, 0.2) is 59.0 Å². The van der Waals surface area contributed by atoms with Gasteiger partial charge < -0.3 is 9.16 Å². The summed E-state index contributed by atoms with van der Waals surface area (Å²) < 4.78 is 26.3. The highest BCUT2D eigenvalue weighted by Gasteiger charge is 2.67. The van der Waals surface area contributed by atoms with Crippen molar-refractivity contribution >= 4 is 30.7 Å². The van der Waals surface area contributed by atoms with Gasteiger partial charge in [0.1, 0.15) is 10.5 Å². The standard InChI is InChI=1S/C33H42O5SSi/c1-20-12-15-23(16-13-20)39(36)33-25(30(34)28-24(31(33)35)10-9-11-26(28)37-6)17-14-22-18-21(2)19-27(29(22)33)38-40(7,8)32(3,4)5/h9-16,21,25,27,29H,17-19H2,1-8H3/t21-,25-,27+,29+,33-,39?/m0/s1. The number of carbonyl (C=O) groups excluding carboxylic acids is 2. The van der Waals surface area contributed by atoms with Crippen LogP contribution in [-0.2, 0) is 15.2 Å². The quantitative estimate of drug-likeness (QED) is 0.275. The van der Waals surface area contributed by atoms with Gasteiger partial charge in [-0.2, -0.15) is 0 Å². The molecular formula is C33H42O5SSi. The molecule has 3 aliphatic carbocycles. The summed E-state index contributed by atoms with van der Waals surface area (Å²) in [5, 5.41) is -0.0404. The van der Waals surface area contributed by atoms with Gasteiger partial charge in [-0.3, -0.25) is 13.8 Å². The summed E-state index contributed by atoms with van der Waals surface area (Å²) in [6, 6.07) is 12.7. The molecule has 0 N–H and O–H groups in total. The molecule has 2 aromatic rings. The molecule has 0 bridgehead atoms. The number of ketones is 2. The Balaban J connectivity index is 1.79. The van der Waals surface area contributed by atoms with Crippen LogP contribution >= 0.6 is 0 Å². The Kier molecular flexibility index (Phi) is 7.42. The Morgan fingerprint density at radius 3 is 2.35 bits per heavy atom. The molecule has 0 spiro atoms. The lowest BCUT2D eigenvalue weighted by Crippen LogP contribution is -2.66. The number of ether oxygens (including phenoxy) is 1. The Hall–Kier alpha value is -2.35. The summed E-state index contributed by atoms with van der Waals surface area (Å²) in [5.41, 5.74) is 2.80. The number of benzene rings is 2. The first-order valence-corrected chi connectivity index (χ1v) is 18.4. The molecule has 6 atom stereocenters. The lowest BCUT2D eigenvalue weighted by atomic mass is 9.57. The van der Waals surface area contributed by atoms with E-state index in [2.05, 4.69) is 46.9 Å². The number of methoxy groups -OCH3 is 1. The Labute approximate surface area is 242 Å². The van der Waals surface area contributed by atoms with Gasteiger partial charge in [0.15, 0.2) is 19.9 Å². The predicted molar refractivity (Wildman–Crippen MR) is 162 cm³/mol. The number of Topliss-reactive ketones (excluding diaryl/α,β-unsaturated/α-hetero) is 2. The van der Waals surface area contributed by atoms with Crippen LogP contribution in [0.2, 0.25) is 18.1 Å². The smallest absolute Gasteiger partial charge is 0.192 e. The molecule has 2 aromatic carbocycles. The van der Waals surface area contributed by atoms with Gasteiger partial charge in [0, 0.05) is 16.4 Å². The highest BCUT2D eigenvalue weighted by atomic mass is 32.2. The average molecular weight is 579 g/mol. The number of allylic oxidation sites excluding steroid dienone is 1. The predicted octanol–water partition coefficient (Wildman–Crippen LogP) is 7.31. The molecule has 214 valence electrons. The molecule has 0 amide bonds. The summed E-state index contributed by atoms with van der Waals surface area (Å²) in [6.45, 7) is 15.3. The largest absolute Gasteiger partial charge is 0.496 e. The third-order valence-electron chi connectivity index (χ3n) is 9.79. The van der Waals surface area contributed by atoms with E-state index in [1.807, 2.05) is 31.2 Å². The summed E-state index contributed by atoms with van der Waals surface area (Å²) >= 11 is 0. The average Bonchev–Trinajstić information content (AvgIpc) is 2.89. The van der Waals surface area contributed by atoms with Crippen molar-refractivity contribution in [2.24, 2.45) is 17.8 Å². The summed E-state index contributed by atoms with van der Waals surface area (Å²) in [6.07, 6.45) is 3.81. The van der Waals surface area contributed by atoms with Gasteiger partial charge in [0.2, 0.25) is 0 Å². The molecule has 5 nitrogen and oxygen atoms in total. The number of rotatable bonds is 5. The normalized spacial score (nSPS) is 29.1. The third-order valence-corrected chi connectivity index (χ3v) is 16.3. The molecule has 40 heavy (non-hydrogen) atoms. The fourth-order valence-corrected chi connectivity index (χ4v) is 10.2. The van der Waals surface area contributed by atoms with Gasteiger partial charge in [-0.05, 0) is 68.4 Å². The molecule has 1 unspecified atom stereocenters. The van der Waals surface area contributed by atoms with Crippen LogP contribution in [0.1, 0.15) is 73.2 Å². The first-order chi connectivity index (χ1) is 18.7. The number of fused-ring (bicyclic) bond motifs is 4. The maximum atomic E-state index is 15.1. The van der Waals surface area contributed by atoms with Crippen molar-refractivity contribution in [1.82, 2.24) is 0 Å². The van der Waals surface area contributed by atoms with Crippen LogP contribution in [0.25, 0.3) is 0 Å². The topological polar surface area (TPSA) is 69.7 Å². The maximum Gasteiger partial charge on any atom is 0.192 e. The maximum absolute atomic E-state index is 15.1. The van der Waals surface area contributed by atoms with Gasteiger partial charge in [0.25, 0.3) is 0 Å². The molecule has 0 aromatic heterocycles. The number of hydrogen-bond acceptors (Lipinski definition) is 5.